The summed E-state index contributed by atoms with van der Waals surface area (Å²) in [6, 6.07) is 12.1. The molecule has 2 rings (SSSR count). The molecule has 0 bridgehead atoms. The Kier molecular flexibility index (Phi) is 6.43. The number of rotatable bonds is 8. The molecule has 0 saturated heterocycles. The van der Waals surface area contributed by atoms with Crippen molar-refractivity contribution in [2.75, 3.05) is 25.1 Å². The summed E-state index contributed by atoms with van der Waals surface area (Å²) >= 11 is 6.02. The van der Waals surface area contributed by atoms with E-state index in [4.69, 9.17) is 21.1 Å². The topological polar surface area (TPSA) is 56.3 Å². The smallest absolute Gasteiger partial charge is 0.319 e. The van der Waals surface area contributed by atoms with Crippen LogP contribution < -0.4 is 10.1 Å². The number of nitrogens with zero attached hydrogens (tertiary/aromatic N) is 2. The van der Waals surface area contributed by atoms with Crippen LogP contribution in [-0.2, 0) is 4.74 Å². The highest BCUT2D eigenvalue weighted by Gasteiger charge is 2.09. The molecule has 5 nitrogen and oxygen atoms in total. The number of anilines is 1. The van der Waals surface area contributed by atoms with Gasteiger partial charge in [0.25, 0.3) is 0 Å². The van der Waals surface area contributed by atoms with E-state index in [0.717, 1.165) is 5.56 Å². The van der Waals surface area contributed by atoms with Gasteiger partial charge in [-0.1, -0.05) is 41.9 Å². The molecule has 22 heavy (non-hydrogen) atoms. The van der Waals surface area contributed by atoms with Crippen molar-refractivity contribution in [3.8, 4) is 6.01 Å². The zero-order chi connectivity index (χ0) is 15.8. The standard InChI is InChI=1S/C16H20ClN3O2/c1-3-21-9-10-22-16-19-14(17)11-15(20-16)18-12(2)13-7-5-4-6-8-13/h4-8,11-12H,3,9-10H2,1-2H3,(H,18,19,20). The largest absolute Gasteiger partial charge is 0.461 e. The Balaban J connectivity index is 2.00. The van der Waals surface area contributed by atoms with Crippen LogP contribution in [0.15, 0.2) is 36.4 Å². The maximum atomic E-state index is 6.02. The van der Waals surface area contributed by atoms with Gasteiger partial charge in [-0.25, -0.2) is 0 Å². The van der Waals surface area contributed by atoms with Gasteiger partial charge in [0.05, 0.1) is 6.61 Å². The van der Waals surface area contributed by atoms with Crippen molar-refractivity contribution in [1.82, 2.24) is 9.97 Å². The molecule has 0 radical (unpaired) electrons. The average molecular weight is 322 g/mol. The van der Waals surface area contributed by atoms with Gasteiger partial charge in [-0.15, -0.1) is 0 Å². The molecule has 6 heteroatoms. The number of hydrogen-bond acceptors (Lipinski definition) is 5. The molecule has 0 aliphatic heterocycles. The lowest BCUT2D eigenvalue weighted by molar-refractivity contribution is 0.106. The lowest BCUT2D eigenvalue weighted by Crippen LogP contribution is -2.11. The first-order valence-corrected chi connectivity index (χ1v) is 7.63. The lowest BCUT2D eigenvalue weighted by Gasteiger charge is -2.15. The van der Waals surface area contributed by atoms with Crippen LogP contribution in [0.1, 0.15) is 25.5 Å². The van der Waals surface area contributed by atoms with Crippen LogP contribution in [0.25, 0.3) is 0 Å². The summed E-state index contributed by atoms with van der Waals surface area (Å²) in [5.74, 6) is 0.628. The molecule has 0 amide bonds. The molecule has 0 fully saturated rings. The molecule has 0 spiro atoms. The van der Waals surface area contributed by atoms with E-state index in [0.29, 0.717) is 30.8 Å². The van der Waals surface area contributed by atoms with Gasteiger partial charge in [0.1, 0.15) is 17.6 Å². The minimum atomic E-state index is 0.100. The number of benzene rings is 1. The highest BCUT2D eigenvalue weighted by molar-refractivity contribution is 6.29. The second kappa shape index (κ2) is 8.56. The van der Waals surface area contributed by atoms with Gasteiger partial charge in [0, 0.05) is 18.7 Å². The molecular formula is C16H20ClN3O2. The molecule has 1 heterocycles. The fraction of sp³-hybridized carbons (Fsp3) is 0.375. The van der Waals surface area contributed by atoms with Crippen molar-refractivity contribution < 1.29 is 9.47 Å². The number of nitrogens with one attached hydrogen (secondary N) is 1. The van der Waals surface area contributed by atoms with Crippen molar-refractivity contribution in [2.24, 2.45) is 0 Å². The summed E-state index contributed by atoms with van der Waals surface area (Å²) in [5.41, 5.74) is 1.16. The van der Waals surface area contributed by atoms with E-state index in [2.05, 4.69) is 34.3 Å². The Bertz CT molecular complexity index is 581. The van der Waals surface area contributed by atoms with Crippen LogP contribution in [0.2, 0.25) is 5.15 Å². The molecular weight excluding hydrogens is 302 g/mol. The van der Waals surface area contributed by atoms with Crippen molar-refractivity contribution in [3.05, 3.63) is 47.1 Å². The van der Waals surface area contributed by atoms with Gasteiger partial charge in [0.15, 0.2) is 0 Å². The van der Waals surface area contributed by atoms with Gasteiger partial charge < -0.3 is 14.8 Å². The Labute approximate surface area is 135 Å². The normalized spacial score (nSPS) is 12.0. The Morgan fingerprint density at radius 3 is 2.68 bits per heavy atom. The number of halogens is 1. The maximum absolute atomic E-state index is 6.02. The third-order valence-electron chi connectivity index (χ3n) is 3.00. The van der Waals surface area contributed by atoms with Gasteiger partial charge in [-0.2, -0.15) is 9.97 Å². The van der Waals surface area contributed by atoms with E-state index < -0.39 is 0 Å². The molecule has 0 aliphatic rings. The quantitative estimate of drug-likeness (QED) is 0.593. The molecule has 1 atom stereocenters. The maximum Gasteiger partial charge on any atom is 0.319 e. The first-order chi connectivity index (χ1) is 10.7. The predicted molar refractivity (Wildman–Crippen MR) is 87.5 cm³/mol. The first-order valence-electron chi connectivity index (χ1n) is 7.25. The zero-order valence-electron chi connectivity index (χ0n) is 12.8. The Hall–Kier alpha value is -1.85. The van der Waals surface area contributed by atoms with Crippen LogP contribution in [0.5, 0.6) is 6.01 Å². The van der Waals surface area contributed by atoms with Crippen molar-refractivity contribution >= 4 is 17.4 Å². The monoisotopic (exact) mass is 321 g/mol. The third kappa shape index (κ3) is 5.16. The molecule has 1 unspecified atom stereocenters. The van der Waals surface area contributed by atoms with Crippen LogP contribution in [-0.4, -0.2) is 29.8 Å². The average Bonchev–Trinajstić information content (AvgIpc) is 2.52. The van der Waals surface area contributed by atoms with Crippen LogP contribution in [0.3, 0.4) is 0 Å². The summed E-state index contributed by atoms with van der Waals surface area (Å²) in [7, 11) is 0. The van der Waals surface area contributed by atoms with E-state index >= 15 is 0 Å². The SMILES string of the molecule is CCOCCOc1nc(Cl)cc(NC(C)c2ccccc2)n1. The first kappa shape index (κ1) is 16.5. The summed E-state index contributed by atoms with van der Waals surface area (Å²) in [5, 5.41) is 3.63. The molecule has 2 aromatic rings. The van der Waals surface area contributed by atoms with E-state index in [1.54, 1.807) is 6.07 Å². The molecule has 0 saturated carbocycles. The Morgan fingerprint density at radius 2 is 1.95 bits per heavy atom. The molecule has 0 aliphatic carbocycles. The van der Waals surface area contributed by atoms with Gasteiger partial charge in [-0.3, -0.25) is 0 Å². The lowest BCUT2D eigenvalue weighted by atomic mass is 10.1. The van der Waals surface area contributed by atoms with Crippen molar-refractivity contribution in [3.63, 3.8) is 0 Å². The molecule has 118 valence electrons. The van der Waals surface area contributed by atoms with E-state index in [1.807, 2.05) is 25.1 Å². The fourth-order valence-corrected chi connectivity index (χ4v) is 2.09. The second-order valence-electron chi connectivity index (χ2n) is 4.68. The van der Waals surface area contributed by atoms with Crippen LogP contribution >= 0.6 is 11.6 Å². The fourth-order valence-electron chi connectivity index (χ4n) is 1.92. The highest BCUT2D eigenvalue weighted by Crippen LogP contribution is 2.21. The van der Waals surface area contributed by atoms with E-state index in [-0.39, 0.29) is 12.1 Å². The van der Waals surface area contributed by atoms with Crippen molar-refractivity contribution in [2.45, 2.75) is 19.9 Å². The van der Waals surface area contributed by atoms with Crippen LogP contribution in [0.4, 0.5) is 5.82 Å². The number of ether oxygens (including phenoxy) is 2. The molecule has 1 N–H and O–H groups in total. The Morgan fingerprint density at radius 1 is 1.18 bits per heavy atom. The van der Waals surface area contributed by atoms with Crippen molar-refractivity contribution in [1.29, 1.82) is 0 Å². The molecule has 1 aromatic heterocycles. The zero-order valence-corrected chi connectivity index (χ0v) is 13.5. The van der Waals surface area contributed by atoms with Gasteiger partial charge >= 0.3 is 6.01 Å². The third-order valence-corrected chi connectivity index (χ3v) is 3.19. The van der Waals surface area contributed by atoms with Crippen LogP contribution in [0, 0.1) is 0 Å². The minimum Gasteiger partial charge on any atom is -0.461 e. The van der Waals surface area contributed by atoms with Gasteiger partial charge in [0.2, 0.25) is 0 Å². The highest BCUT2D eigenvalue weighted by atomic mass is 35.5. The number of hydrogen-bond donors (Lipinski definition) is 1. The van der Waals surface area contributed by atoms with E-state index in [1.165, 1.54) is 0 Å². The summed E-state index contributed by atoms with van der Waals surface area (Å²) in [4.78, 5) is 8.36. The number of aromatic nitrogens is 2. The summed E-state index contributed by atoms with van der Waals surface area (Å²) in [6.45, 7) is 5.53. The second-order valence-corrected chi connectivity index (χ2v) is 5.07. The minimum absolute atomic E-state index is 0.100. The summed E-state index contributed by atoms with van der Waals surface area (Å²) in [6.07, 6.45) is 0. The summed E-state index contributed by atoms with van der Waals surface area (Å²) < 4.78 is 10.7. The van der Waals surface area contributed by atoms with E-state index in [9.17, 15) is 0 Å². The predicted octanol–water partition coefficient (Wildman–Crippen LogP) is 3.72. The molecule has 1 aromatic carbocycles. The van der Waals surface area contributed by atoms with Gasteiger partial charge in [-0.05, 0) is 19.4 Å².